The molecule has 1 aromatic heterocycles. The first-order chi connectivity index (χ1) is 9.76. The van der Waals surface area contributed by atoms with Crippen molar-refractivity contribution in [1.82, 2.24) is 15.5 Å². The summed E-state index contributed by atoms with van der Waals surface area (Å²) in [6, 6.07) is 0.187. The topological polar surface area (TPSA) is 130 Å². The number of nitrogens with zero attached hydrogens (tertiary/aromatic N) is 3. The number of rotatable bonds is 4. The number of halogens is 1. The van der Waals surface area contributed by atoms with Crippen molar-refractivity contribution in [3.63, 3.8) is 0 Å². The standard InChI is InChI=1S/C10H11FN4O5S/c11-6-5-8(15-3-1-9(16)12-10(15)17)14-13-7(6)2-4-21(18,19)20/h5H,1-4H2,(H,12,16,17)(H,18,19,20). The van der Waals surface area contributed by atoms with Crippen LogP contribution >= 0.6 is 0 Å². The average molecular weight is 318 g/mol. The average Bonchev–Trinajstić information content (AvgIpc) is 2.36. The second-order valence-electron chi connectivity index (χ2n) is 4.29. The van der Waals surface area contributed by atoms with Gasteiger partial charge in [0.1, 0.15) is 5.82 Å². The molecule has 2 rings (SSSR count). The van der Waals surface area contributed by atoms with E-state index in [1.165, 1.54) is 0 Å². The van der Waals surface area contributed by atoms with Gasteiger partial charge in [0, 0.05) is 25.5 Å². The molecular formula is C10H11FN4O5S. The van der Waals surface area contributed by atoms with Crippen molar-refractivity contribution in [2.75, 3.05) is 17.2 Å². The SMILES string of the molecule is O=C1CCN(c2cc(F)c(CCS(=O)(=O)O)nn2)C(=O)N1. The number of urea groups is 1. The van der Waals surface area contributed by atoms with Crippen LogP contribution in [0, 0.1) is 5.82 Å². The number of aryl methyl sites for hydroxylation is 1. The molecule has 1 aliphatic heterocycles. The molecule has 0 radical (unpaired) electrons. The first-order valence-electron chi connectivity index (χ1n) is 5.85. The molecule has 0 spiro atoms. The first kappa shape index (κ1) is 15.3. The summed E-state index contributed by atoms with van der Waals surface area (Å²) in [6.45, 7) is 0.0448. The molecule has 2 heterocycles. The Morgan fingerprint density at radius 3 is 2.67 bits per heavy atom. The van der Waals surface area contributed by atoms with Gasteiger partial charge in [0.2, 0.25) is 5.91 Å². The number of aromatic nitrogens is 2. The molecule has 114 valence electrons. The van der Waals surface area contributed by atoms with Crippen LogP contribution in [0.2, 0.25) is 0 Å². The Kier molecular flexibility index (Phi) is 4.14. The van der Waals surface area contributed by atoms with Gasteiger partial charge in [0.05, 0.1) is 11.4 Å². The van der Waals surface area contributed by atoms with Crippen molar-refractivity contribution in [3.05, 3.63) is 17.6 Å². The van der Waals surface area contributed by atoms with E-state index in [9.17, 15) is 22.4 Å². The number of hydrogen-bond donors (Lipinski definition) is 2. The van der Waals surface area contributed by atoms with E-state index in [0.29, 0.717) is 0 Å². The molecule has 3 amide bonds. The van der Waals surface area contributed by atoms with Crippen LogP contribution in [-0.2, 0) is 21.3 Å². The fraction of sp³-hybridized carbons (Fsp3) is 0.400. The maximum atomic E-state index is 13.8. The van der Waals surface area contributed by atoms with Crippen LogP contribution < -0.4 is 10.2 Å². The summed E-state index contributed by atoms with van der Waals surface area (Å²) in [5.74, 6) is -2.06. The monoisotopic (exact) mass is 318 g/mol. The highest BCUT2D eigenvalue weighted by Crippen LogP contribution is 2.16. The molecule has 0 unspecified atom stereocenters. The Morgan fingerprint density at radius 1 is 1.38 bits per heavy atom. The van der Waals surface area contributed by atoms with Crippen LogP contribution in [0.25, 0.3) is 0 Å². The van der Waals surface area contributed by atoms with Crippen molar-refractivity contribution in [3.8, 4) is 0 Å². The molecule has 0 bridgehead atoms. The van der Waals surface area contributed by atoms with Crippen LogP contribution in [0.15, 0.2) is 6.07 Å². The summed E-state index contributed by atoms with van der Waals surface area (Å²) < 4.78 is 43.6. The van der Waals surface area contributed by atoms with Crippen molar-refractivity contribution >= 4 is 27.9 Å². The van der Waals surface area contributed by atoms with Gasteiger partial charge in [-0.15, -0.1) is 5.10 Å². The predicted molar refractivity (Wildman–Crippen MR) is 67.6 cm³/mol. The van der Waals surface area contributed by atoms with Gasteiger partial charge >= 0.3 is 6.03 Å². The number of anilines is 1. The Bertz CT molecular complexity index is 693. The lowest BCUT2D eigenvalue weighted by Gasteiger charge is -2.25. The normalized spacial score (nSPS) is 16.0. The Morgan fingerprint density at radius 2 is 2.10 bits per heavy atom. The van der Waals surface area contributed by atoms with Crippen molar-refractivity contribution in [2.45, 2.75) is 12.8 Å². The van der Waals surface area contributed by atoms with Gasteiger partial charge in [-0.1, -0.05) is 0 Å². The molecule has 0 aromatic carbocycles. The zero-order chi connectivity index (χ0) is 15.6. The largest absolute Gasteiger partial charge is 0.329 e. The molecule has 1 aromatic rings. The van der Waals surface area contributed by atoms with E-state index in [4.69, 9.17) is 4.55 Å². The molecule has 2 N–H and O–H groups in total. The maximum absolute atomic E-state index is 13.8. The quantitative estimate of drug-likeness (QED) is 0.715. The van der Waals surface area contributed by atoms with Gasteiger partial charge < -0.3 is 0 Å². The second-order valence-corrected chi connectivity index (χ2v) is 5.86. The van der Waals surface area contributed by atoms with Gasteiger partial charge in [-0.2, -0.15) is 13.5 Å². The fourth-order valence-corrected chi connectivity index (χ4v) is 2.15. The van der Waals surface area contributed by atoms with Gasteiger partial charge in [0.25, 0.3) is 10.1 Å². The lowest BCUT2D eigenvalue weighted by atomic mass is 10.2. The molecule has 0 saturated carbocycles. The minimum Gasteiger partial charge on any atom is -0.286 e. The lowest BCUT2D eigenvalue weighted by Crippen LogP contribution is -2.50. The van der Waals surface area contributed by atoms with Crippen LogP contribution in [-0.4, -0.2) is 47.4 Å². The first-order valence-corrected chi connectivity index (χ1v) is 7.46. The molecule has 0 atom stereocenters. The summed E-state index contributed by atoms with van der Waals surface area (Å²) in [6.07, 6.45) is -0.290. The summed E-state index contributed by atoms with van der Waals surface area (Å²) in [5.41, 5.74) is -0.245. The Balaban J connectivity index is 2.15. The highest BCUT2D eigenvalue weighted by atomic mass is 32.2. The molecule has 21 heavy (non-hydrogen) atoms. The van der Waals surface area contributed by atoms with Crippen molar-refractivity contribution in [2.24, 2.45) is 0 Å². The van der Waals surface area contributed by atoms with E-state index < -0.39 is 33.6 Å². The number of hydrogen-bond acceptors (Lipinski definition) is 6. The third-order valence-corrected chi connectivity index (χ3v) is 3.45. The maximum Gasteiger partial charge on any atom is 0.329 e. The van der Waals surface area contributed by atoms with Crippen LogP contribution in [0.1, 0.15) is 12.1 Å². The summed E-state index contributed by atoms with van der Waals surface area (Å²) in [5, 5.41) is 9.18. The van der Waals surface area contributed by atoms with Crippen molar-refractivity contribution in [1.29, 1.82) is 0 Å². The Hall–Kier alpha value is -2.14. The third kappa shape index (κ3) is 3.92. The second kappa shape index (κ2) is 5.69. The highest BCUT2D eigenvalue weighted by molar-refractivity contribution is 7.85. The lowest BCUT2D eigenvalue weighted by molar-refractivity contribution is -0.120. The smallest absolute Gasteiger partial charge is 0.286 e. The van der Waals surface area contributed by atoms with Crippen molar-refractivity contribution < 1.29 is 27.0 Å². The summed E-state index contributed by atoms with van der Waals surface area (Å²) in [4.78, 5) is 23.6. The summed E-state index contributed by atoms with van der Waals surface area (Å²) in [7, 11) is -4.23. The minimum atomic E-state index is -4.23. The van der Waals surface area contributed by atoms with Crippen LogP contribution in [0.3, 0.4) is 0 Å². The number of nitrogens with one attached hydrogen (secondary N) is 1. The van der Waals surface area contributed by atoms with Gasteiger partial charge in [-0.25, -0.2) is 9.18 Å². The predicted octanol–water partition coefficient (Wildman–Crippen LogP) is -0.508. The van der Waals surface area contributed by atoms with Gasteiger partial charge in [-0.3, -0.25) is 19.6 Å². The number of carbonyl (C=O) groups is 2. The molecule has 1 saturated heterocycles. The Labute approximate surface area is 118 Å². The fourth-order valence-electron chi connectivity index (χ4n) is 1.69. The van der Waals surface area contributed by atoms with E-state index in [2.05, 4.69) is 15.5 Å². The number of imide groups is 1. The molecule has 11 heteroatoms. The highest BCUT2D eigenvalue weighted by Gasteiger charge is 2.26. The van der Waals surface area contributed by atoms with E-state index in [1.807, 2.05) is 0 Å². The van der Waals surface area contributed by atoms with Crippen LogP contribution in [0.4, 0.5) is 15.0 Å². The van der Waals surface area contributed by atoms with E-state index in [0.717, 1.165) is 11.0 Å². The van der Waals surface area contributed by atoms with E-state index in [1.54, 1.807) is 0 Å². The van der Waals surface area contributed by atoms with E-state index in [-0.39, 0.29) is 30.9 Å². The van der Waals surface area contributed by atoms with E-state index >= 15 is 0 Å². The number of carbonyl (C=O) groups excluding carboxylic acids is 2. The number of amides is 3. The molecule has 0 aliphatic carbocycles. The van der Waals surface area contributed by atoms with Gasteiger partial charge in [-0.05, 0) is 0 Å². The van der Waals surface area contributed by atoms with Crippen LogP contribution in [0.5, 0.6) is 0 Å². The molecule has 9 nitrogen and oxygen atoms in total. The minimum absolute atomic E-state index is 0.0448. The molecule has 1 aliphatic rings. The summed E-state index contributed by atoms with van der Waals surface area (Å²) >= 11 is 0. The molecular weight excluding hydrogens is 307 g/mol. The van der Waals surface area contributed by atoms with Gasteiger partial charge in [0.15, 0.2) is 5.82 Å². The third-order valence-electron chi connectivity index (χ3n) is 2.73. The zero-order valence-corrected chi connectivity index (χ0v) is 11.4. The zero-order valence-electron chi connectivity index (χ0n) is 10.6. The molecule has 1 fully saturated rings.